The van der Waals surface area contributed by atoms with Crippen LogP contribution >= 0.6 is 0 Å². The van der Waals surface area contributed by atoms with E-state index in [1.54, 1.807) is 24.3 Å². The number of non-ortho nitro benzene ring substituents is 1. The molecule has 0 aliphatic heterocycles. The molecule has 0 aromatic heterocycles. The summed E-state index contributed by atoms with van der Waals surface area (Å²) < 4.78 is 0. The number of hydrogen-bond donors (Lipinski definition) is 1. The largest absolute Gasteiger partial charge is 0.310 e. The van der Waals surface area contributed by atoms with Crippen molar-refractivity contribution in [2.75, 3.05) is 6.54 Å². The number of nitrogens with one attached hydrogen (secondary N) is 1. The lowest BCUT2D eigenvalue weighted by Crippen LogP contribution is -2.29. The van der Waals surface area contributed by atoms with Crippen molar-refractivity contribution in [1.82, 2.24) is 5.32 Å². The second-order valence-corrected chi connectivity index (χ2v) is 5.51. The molecule has 4 nitrogen and oxygen atoms in total. The van der Waals surface area contributed by atoms with Gasteiger partial charge in [0.1, 0.15) is 0 Å². The van der Waals surface area contributed by atoms with Gasteiger partial charge in [-0.25, -0.2) is 0 Å². The molecule has 0 amide bonds. The molecule has 1 aromatic rings. The standard InChI is InChI=1S/C13H20N2O2/c1-10(14-9-13(2,3)4)11-5-7-12(8-6-11)15(16)17/h5-8,10,14H,9H2,1-4H3. The highest BCUT2D eigenvalue weighted by molar-refractivity contribution is 5.34. The number of benzene rings is 1. The molecule has 1 atom stereocenters. The Morgan fingerprint density at radius 3 is 2.24 bits per heavy atom. The lowest BCUT2D eigenvalue weighted by Gasteiger charge is -2.22. The molecule has 1 rings (SSSR count). The molecule has 1 aromatic carbocycles. The van der Waals surface area contributed by atoms with E-state index in [0.29, 0.717) is 0 Å². The van der Waals surface area contributed by atoms with Gasteiger partial charge in [-0.15, -0.1) is 0 Å². The zero-order valence-electron chi connectivity index (χ0n) is 10.9. The highest BCUT2D eigenvalue weighted by atomic mass is 16.6. The number of nitro benzene ring substituents is 1. The quantitative estimate of drug-likeness (QED) is 0.644. The summed E-state index contributed by atoms with van der Waals surface area (Å²) in [4.78, 5) is 10.2. The maximum Gasteiger partial charge on any atom is 0.269 e. The average Bonchev–Trinajstić information content (AvgIpc) is 2.25. The van der Waals surface area contributed by atoms with Crippen LogP contribution < -0.4 is 5.32 Å². The van der Waals surface area contributed by atoms with Gasteiger partial charge in [0.2, 0.25) is 0 Å². The fourth-order valence-electron chi connectivity index (χ4n) is 1.46. The monoisotopic (exact) mass is 236 g/mol. The minimum Gasteiger partial charge on any atom is -0.310 e. The summed E-state index contributed by atoms with van der Waals surface area (Å²) in [6.45, 7) is 9.48. The molecule has 17 heavy (non-hydrogen) atoms. The molecule has 0 saturated heterocycles. The Balaban J connectivity index is 2.63. The predicted octanol–water partition coefficient (Wildman–Crippen LogP) is 3.29. The first-order valence-corrected chi connectivity index (χ1v) is 5.77. The van der Waals surface area contributed by atoms with E-state index < -0.39 is 0 Å². The van der Waals surface area contributed by atoms with E-state index in [0.717, 1.165) is 12.1 Å². The summed E-state index contributed by atoms with van der Waals surface area (Å²) >= 11 is 0. The van der Waals surface area contributed by atoms with Crippen molar-refractivity contribution >= 4 is 5.69 Å². The third-order valence-corrected chi connectivity index (χ3v) is 2.54. The minimum absolute atomic E-state index is 0.136. The third kappa shape index (κ3) is 4.53. The molecule has 0 spiro atoms. The molecule has 0 heterocycles. The van der Waals surface area contributed by atoms with E-state index >= 15 is 0 Å². The summed E-state index contributed by atoms with van der Waals surface area (Å²) in [7, 11) is 0. The average molecular weight is 236 g/mol. The zero-order chi connectivity index (χ0) is 13.1. The molecule has 0 saturated carbocycles. The summed E-state index contributed by atoms with van der Waals surface area (Å²) in [5, 5.41) is 13.9. The van der Waals surface area contributed by atoms with Crippen molar-refractivity contribution in [2.45, 2.75) is 33.7 Å². The normalized spacial score (nSPS) is 13.4. The van der Waals surface area contributed by atoms with Crippen molar-refractivity contribution in [3.05, 3.63) is 39.9 Å². The van der Waals surface area contributed by atoms with Gasteiger partial charge in [-0.1, -0.05) is 32.9 Å². The van der Waals surface area contributed by atoms with Crippen LogP contribution in [0.1, 0.15) is 39.3 Å². The van der Waals surface area contributed by atoms with Gasteiger partial charge in [0.05, 0.1) is 4.92 Å². The fraction of sp³-hybridized carbons (Fsp3) is 0.538. The molecule has 0 aliphatic carbocycles. The Labute approximate surface area is 102 Å². The van der Waals surface area contributed by atoms with E-state index in [1.807, 2.05) is 0 Å². The Morgan fingerprint density at radius 1 is 1.29 bits per heavy atom. The number of nitrogens with zero attached hydrogens (tertiary/aromatic N) is 1. The van der Waals surface area contributed by atoms with Gasteiger partial charge in [0.15, 0.2) is 0 Å². The molecular weight excluding hydrogens is 216 g/mol. The van der Waals surface area contributed by atoms with Crippen LogP contribution in [0.2, 0.25) is 0 Å². The first-order chi connectivity index (χ1) is 7.79. The van der Waals surface area contributed by atoms with Gasteiger partial charge in [0, 0.05) is 24.7 Å². The molecule has 94 valence electrons. The van der Waals surface area contributed by atoms with Crippen molar-refractivity contribution in [1.29, 1.82) is 0 Å². The van der Waals surface area contributed by atoms with E-state index in [9.17, 15) is 10.1 Å². The van der Waals surface area contributed by atoms with Crippen LogP contribution in [-0.2, 0) is 0 Å². The Kier molecular flexibility index (Phi) is 4.23. The second-order valence-electron chi connectivity index (χ2n) is 5.51. The van der Waals surface area contributed by atoms with Crippen molar-refractivity contribution in [2.24, 2.45) is 5.41 Å². The molecule has 1 unspecified atom stereocenters. The first-order valence-electron chi connectivity index (χ1n) is 5.77. The van der Waals surface area contributed by atoms with Crippen LogP contribution in [0.25, 0.3) is 0 Å². The van der Waals surface area contributed by atoms with Crippen molar-refractivity contribution < 1.29 is 4.92 Å². The van der Waals surface area contributed by atoms with Crippen LogP contribution in [0, 0.1) is 15.5 Å². The van der Waals surface area contributed by atoms with Crippen molar-refractivity contribution in [3.63, 3.8) is 0 Å². The van der Waals surface area contributed by atoms with Crippen LogP contribution in [-0.4, -0.2) is 11.5 Å². The minimum atomic E-state index is -0.378. The highest BCUT2D eigenvalue weighted by Crippen LogP contribution is 2.19. The first kappa shape index (κ1) is 13.6. The van der Waals surface area contributed by atoms with Crippen LogP contribution in [0.4, 0.5) is 5.69 Å². The SMILES string of the molecule is CC(NCC(C)(C)C)c1ccc([N+](=O)[O-])cc1. The number of hydrogen-bond acceptors (Lipinski definition) is 3. The highest BCUT2D eigenvalue weighted by Gasteiger charge is 2.13. The lowest BCUT2D eigenvalue weighted by atomic mass is 9.96. The smallest absolute Gasteiger partial charge is 0.269 e. The molecule has 0 bridgehead atoms. The Morgan fingerprint density at radius 2 is 1.82 bits per heavy atom. The van der Waals surface area contributed by atoms with Gasteiger partial charge in [0.25, 0.3) is 5.69 Å². The molecule has 4 heteroatoms. The molecule has 1 N–H and O–H groups in total. The second kappa shape index (κ2) is 5.27. The number of nitro groups is 1. The Bertz CT molecular complexity index is 379. The van der Waals surface area contributed by atoms with Gasteiger partial charge >= 0.3 is 0 Å². The van der Waals surface area contributed by atoms with E-state index in [1.165, 1.54) is 0 Å². The molecular formula is C13H20N2O2. The van der Waals surface area contributed by atoms with Crippen LogP contribution in [0.3, 0.4) is 0 Å². The maximum atomic E-state index is 10.5. The lowest BCUT2D eigenvalue weighted by molar-refractivity contribution is -0.384. The third-order valence-electron chi connectivity index (χ3n) is 2.54. The summed E-state index contributed by atoms with van der Waals surface area (Å²) in [6, 6.07) is 6.90. The Hall–Kier alpha value is -1.42. The topological polar surface area (TPSA) is 55.2 Å². The van der Waals surface area contributed by atoms with Gasteiger partial charge in [-0.05, 0) is 17.9 Å². The van der Waals surface area contributed by atoms with E-state index in [-0.39, 0.29) is 22.1 Å². The van der Waals surface area contributed by atoms with Gasteiger partial charge < -0.3 is 5.32 Å². The maximum absolute atomic E-state index is 10.5. The van der Waals surface area contributed by atoms with Crippen LogP contribution in [0.5, 0.6) is 0 Å². The van der Waals surface area contributed by atoms with Gasteiger partial charge in [-0.2, -0.15) is 0 Å². The molecule has 0 radical (unpaired) electrons. The van der Waals surface area contributed by atoms with Crippen LogP contribution in [0.15, 0.2) is 24.3 Å². The zero-order valence-corrected chi connectivity index (χ0v) is 10.9. The summed E-state index contributed by atoms with van der Waals surface area (Å²) in [5.41, 5.74) is 1.44. The van der Waals surface area contributed by atoms with E-state index in [4.69, 9.17) is 0 Å². The van der Waals surface area contributed by atoms with Gasteiger partial charge in [-0.3, -0.25) is 10.1 Å². The summed E-state index contributed by atoms with van der Waals surface area (Å²) in [5.74, 6) is 0. The fourth-order valence-corrected chi connectivity index (χ4v) is 1.46. The van der Waals surface area contributed by atoms with Crippen molar-refractivity contribution in [3.8, 4) is 0 Å². The molecule has 0 fully saturated rings. The summed E-state index contributed by atoms with van der Waals surface area (Å²) in [6.07, 6.45) is 0. The molecule has 0 aliphatic rings. The number of rotatable bonds is 4. The van der Waals surface area contributed by atoms with E-state index in [2.05, 4.69) is 33.0 Å². The predicted molar refractivity (Wildman–Crippen MR) is 69.0 cm³/mol.